The van der Waals surface area contributed by atoms with Crippen molar-refractivity contribution in [3.63, 3.8) is 0 Å². The Labute approximate surface area is 107 Å². The zero-order valence-corrected chi connectivity index (χ0v) is 10.8. The molecule has 1 atom stereocenters. The van der Waals surface area contributed by atoms with E-state index < -0.39 is 6.04 Å². The maximum absolute atomic E-state index is 13.2. The second kappa shape index (κ2) is 5.48. The highest BCUT2D eigenvalue weighted by Crippen LogP contribution is 2.23. The number of benzene rings is 1. The predicted octanol–water partition coefficient (Wildman–Crippen LogP) is 2.10. The molecule has 0 heterocycles. The van der Waals surface area contributed by atoms with E-state index in [0.29, 0.717) is 11.6 Å². The molecular formula is C14H19FN2O. The quantitative estimate of drug-likeness (QED) is 0.887. The van der Waals surface area contributed by atoms with Crippen LogP contribution in [0.3, 0.4) is 0 Å². The smallest absolute Gasteiger partial charge is 0.242 e. The maximum Gasteiger partial charge on any atom is 0.242 e. The zero-order chi connectivity index (χ0) is 13.1. The molecule has 0 aromatic heterocycles. The molecule has 0 spiro atoms. The molecule has 4 heteroatoms. The Kier molecular flexibility index (Phi) is 3.97. The number of likely N-dealkylation sites (N-methyl/N-ethyl adjacent to an activating group) is 1. The summed E-state index contributed by atoms with van der Waals surface area (Å²) in [5.41, 5.74) is 0.692. The van der Waals surface area contributed by atoms with Gasteiger partial charge in [0.25, 0.3) is 0 Å². The fraction of sp³-hybridized carbons (Fsp3) is 0.500. The van der Waals surface area contributed by atoms with Gasteiger partial charge in [-0.2, -0.15) is 0 Å². The van der Waals surface area contributed by atoms with E-state index in [1.54, 1.807) is 12.1 Å². The number of nitrogens with zero attached hydrogens (tertiary/aromatic N) is 1. The molecule has 1 saturated carbocycles. The predicted molar refractivity (Wildman–Crippen MR) is 68.6 cm³/mol. The van der Waals surface area contributed by atoms with E-state index in [9.17, 15) is 9.18 Å². The second-order valence-electron chi connectivity index (χ2n) is 5.06. The number of rotatable bonds is 4. The fourth-order valence-electron chi connectivity index (χ4n) is 2.19. The van der Waals surface area contributed by atoms with Gasteiger partial charge in [-0.3, -0.25) is 9.69 Å². The van der Waals surface area contributed by atoms with Crippen LogP contribution < -0.4 is 5.32 Å². The summed E-state index contributed by atoms with van der Waals surface area (Å²) in [5.74, 6) is -0.355. The summed E-state index contributed by atoms with van der Waals surface area (Å²) in [7, 11) is 3.66. The van der Waals surface area contributed by atoms with E-state index in [4.69, 9.17) is 0 Å². The average Bonchev–Trinajstić information content (AvgIpc) is 2.23. The van der Waals surface area contributed by atoms with Crippen molar-refractivity contribution >= 4 is 5.91 Å². The Morgan fingerprint density at radius 1 is 1.44 bits per heavy atom. The monoisotopic (exact) mass is 250 g/mol. The van der Waals surface area contributed by atoms with Crippen molar-refractivity contribution in [1.29, 1.82) is 0 Å². The van der Waals surface area contributed by atoms with Crippen LogP contribution in [0, 0.1) is 5.82 Å². The van der Waals surface area contributed by atoms with E-state index in [1.807, 2.05) is 19.0 Å². The van der Waals surface area contributed by atoms with Crippen molar-refractivity contribution in [2.75, 3.05) is 14.1 Å². The summed E-state index contributed by atoms with van der Waals surface area (Å²) < 4.78 is 13.2. The number of nitrogens with one attached hydrogen (secondary N) is 1. The number of amides is 1. The van der Waals surface area contributed by atoms with Crippen LogP contribution in [-0.4, -0.2) is 30.9 Å². The van der Waals surface area contributed by atoms with E-state index >= 15 is 0 Å². The Morgan fingerprint density at radius 3 is 2.67 bits per heavy atom. The molecule has 98 valence electrons. The number of carbonyl (C=O) groups excluding carboxylic acids is 1. The fourth-order valence-corrected chi connectivity index (χ4v) is 2.19. The first-order valence-electron chi connectivity index (χ1n) is 6.30. The average molecular weight is 250 g/mol. The highest BCUT2D eigenvalue weighted by Gasteiger charge is 2.27. The third-order valence-electron chi connectivity index (χ3n) is 3.38. The van der Waals surface area contributed by atoms with E-state index in [2.05, 4.69) is 5.32 Å². The summed E-state index contributed by atoms with van der Waals surface area (Å²) in [6.07, 6.45) is 3.28. The van der Waals surface area contributed by atoms with Crippen molar-refractivity contribution in [3.05, 3.63) is 35.6 Å². The first-order valence-corrected chi connectivity index (χ1v) is 6.30. The van der Waals surface area contributed by atoms with Gasteiger partial charge in [0.1, 0.15) is 11.9 Å². The van der Waals surface area contributed by atoms with Crippen LogP contribution in [0.25, 0.3) is 0 Å². The normalized spacial score (nSPS) is 17.3. The number of halogens is 1. The van der Waals surface area contributed by atoms with Crippen LogP contribution >= 0.6 is 0 Å². The van der Waals surface area contributed by atoms with E-state index in [0.717, 1.165) is 12.8 Å². The Morgan fingerprint density at radius 2 is 2.17 bits per heavy atom. The maximum atomic E-state index is 13.2. The Balaban J connectivity index is 2.14. The van der Waals surface area contributed by atoms with E-state index in [-0.39, 0.29) is 11.7 Å². The largest absolute Gasteiger partial charge is 0.352 e. The first kappa shape index (κ1) is 13.0. The highest BCUT2D eigenvalue weighted by atomic mass is 19.1. The van der Waals surface area contributed by atoms with Crippen molar-refractivity contribution in [2.45, 2.75) is 31.3 Å². The Hall–Kier alpha value is -1.42. The van der Waals surface area contributed by atoms with Gasteiger partial charge >= 0.3 is 0 Å². The van der Waals surface area contributed by atoms with Gasteiger partial charge in [-0.25, -0.2) is 4.39 Å². The third-order valence-corrected chi connectivity index (χ3v) is 3.38. The molecule has 3 nitrogen and oxygen atoms in total. The minimum atomic E-state index is -0.429. The minimum absolute atomic E-state index is 0.0460. The minimum Gasteiger partial charge on any atom is -0.352 e. The van der Waals surface area contributed by atoms with Crippen LogP contribution in [0.2, 0.25) is 0 Å². The second-order valence-corrected chi connectivity index (χ2v) is 5.06. The zero-order valence-electron chi connectivity index (χ0n) is 10.8. The molecule has 18 heavy (non-hydrogen) atoms. The summed E-state index contributed by atoms with van der Waals surface area (Å²) >= 11 is 0. The van der Waals surface area contributed by atoms with Gasteiger partial charge in [-0.15, -0.1) is 0 Å². The van der Waals surface area contributed by atoms with Crippen molar-refractivity contribution in [2.24, 2.45) is 0 Å². The molecule has 1 amide bonds. The number of hydrogen-bond acceptors (Lipinski definition) is 2. The van der Waals surface area contributed by atoms with Gasteiger partial charge in [0.05, 0.1) is 0 Å². The Bertz CT molecular complexity index is 430. The van der Waals surface area contributed by atoms with Crippen LogP contribution in [0.4, 0.5) is 4.39 Å². The molecule has 1 N–H and O–H groups in total. The molecule has 1 aromatic carbocycles. The van der Waals surface area contributed by atoms with E-state index in [1.165, 1.54) is 18.6 Å². The summed E-state index contributed by atoms with van der Waals surface area (Å²) in [4.78, 5) is 14.0. The lowest BCUT2D eigenvalue weighted by Gasteiger charge is -2.31. The van der Waals surface area contributed by atoms with Gasteiger partial charge < -0.3 is 5.32 Å². The molecule has 0 saturated heterocycles. The SMILES string of the molecule is CN(C)[C@H](C(=O)NC1CCC1)c1cccc(F)c1. The van der Waals surface area contributed by atoms with Crippen molar-refractivity contribution in [1.82, 2.24) is 10.2 Å². The molecule has 0 radical (unpaired) electrons. The molecule has 1 fully saturated rings. The van der Waals surface area contributed by atoms with Gasteiger partial charge in [0.15, 0.2) is 0 Å². The topological polar surface area (TPSA) is 32.3 Å². The van der Waals surface area contributed by atoms with Crippen LogP contribution in [0.5, 0.6) is 0 Å². The standard InChI is InChI=1S/C14H19FN2O/c1-17(2)13(10-5-3-6-11(15)9-10)14(18)16-12-7-4-8-12/h3,5-6,9,12-13H,4,7-8H2,1-2H3,(H,16,18)/t13-/m0/s1. The molecule has 1 aliphatic carbocycles. The highest BCUT2D eigenvalue weighted by molar-refractivity contribution is 5.83. The summed E-state index contributed by atoms with van der Waals surface area (Å²) in [5, 5.41) is 3.01. The summed E-state index contributed by atoms with van der Waals surface area (Å²) in [6.45, 7) is 0. The third kappa shape index (κ3) is 2.88. The lowest BCUT2D eigenvalue weighted by Crippen LogP contribution is -2.45. The van der Waals surface area contributed by atoms with Crippen LogP contribution in [0.15, 0.2) is 24.3 Å². The molecule has 2 rings (SSSR count). The molecule has 1 aliphatic rings. The molecular weight excluding hydrogens is 231 g/mol. The number of carbonyl (C=O) groups is 1. The van der Waals surface area contributed by atoms with Crippen LogP contribution in [0.1, 0.15) is 30.9 Å². The van der Waals surface area contributed by atoms with Gasteiger partial charge in [0, 0.05) is 6.04 Å². The first-order chi connectivity index (χ1) is 8.58. The van der Waals surface area contributed by atoms with Gasteiger partial charge in [-0.05, 0) is 51.1 Å². The lowest BCUT2D eigenvalue weighted by molar-refractivity contribution is -0.127. The van der Waals surface area contributed by atoms with Crippen molar-refractivity contribution in [3.8, 4) is 0 Å². The van der Waals surface area contributed by atoms with Crippen LogP contribution in [-0.2, 0) is 4.79 Å². The van der Waals surface area contributed by atoms with Gasteiger partial charge in [0.2, 0.25) is 5.91 Å². The van der Waals surface area contributed by atoms with Crippen molar-refractivity contribution < 1.29 is 9.18 Å². The van der Waals surface area contributed by atoms with Gasteiger partial charge in [-0.1, -0.05) is 12.1 Å². The number of hydrogen-bond donors (Lipinski definition) is 1. The molecule has 0 aliphatic heterocycles. The molecule has 0 unspecified atom stereocenters. The molecule has 1 aromatic rings. The lowest BCUT2D eigenvalue weighted by atomic mass is 9.92. The molecule has 0 bridgehead atoms. The summed E-state index contributed by atoms with van der Waals surface area (Å²) in [6, 6.07) is 6.10.